The lowest BCUT2D eigenvalue weighted by Crippen LogP contribution is -2.54. The topological polar surface area (TPSA) is 131 Å². The second kappa shape index (κ2) is 11.6. The number of hydrogen-bond donors (Lipinski definition) is 6. The Morgan fingerprint density at radius 3 is 2.95 bits per heavy atom. The van der Waals surface area contributed by atoms with Gasteiger partial charge in [-0.2, -0.15) is 0 Å². The Bertz CT molecular complexity index is 1260. The summed E-state index contributed by atoms with van der Waals surface area (Å²) in [5.41, 5.74) is 8.27. The Hall–Kier alpha value is -3.22. The predicted molar refractivity (Wildman–Crippen MR) is 154 cm³/mol. The number of piperidine rings is 1. The smallest absolute Gasteiger partial charge is 0.182 e. The van der Waals surface area contributed by atoms with Gasteiger partial charge in [-0.05, 0) is 49.0 Å². The number of halogens is 1. The number of alkyl halides is 1. The number of fused-ring (bicyclic) bond motifs is 2. The Morgan fingerprint density at radius 1 is 1.34 bits per heavy atom. The minimum atomic E-state index is -1.50. The zero-order valence-electron chi connectivity index (χ0n) is 23.1. The standard InChI is InChI=1S/C30H40FN7O3/c1-2-4-19(5-3-6-24(39)35-23-15-21(11-12-33-23)30(31)17-41-18-30)26-27-28(32)34-13-14-37(27)29(36-26)20-7-8-22-9-10-25(40)38(22)16-20/h2-5,11-15,20,22,24-25,28-29,34,36,39-40H,1,6-10,16-18,32H2,(H,33,35)/b5-3-,19-4+/t20-,22?,24-,25?,28?,29?/m1/s1. The molecular weight excluding hydrogens is 525 g/mol. The molecule has 0 saturated carbocycles. The maximum atomic E-state index is 14.7. The van der Waals surface area contributed by atoms with Crippen LogP contribution in [0.4, 0.5) is 10.2 Å². The van der Waals surface area contributed by atoms with E-state index in [2.05, 4.69) is 37.3 Å². The summed E-state index contributed by atoms with van der Waals surface area (Å²) in [5.74, 6) is 0.707. The van der Waals surface area contributed by atoms with Crippen molar-refractivity contribution in [2.45, 2.75) is 68.6 Å². The van der Waals surface area contributed by atoms with E-state index in [9.17, 15) is 14.6 Å². The quantitative estimate of drug-likeness (QED) is 0.195. The van der Waals surface area contributed by atoms with E-state index in [-0.39, 0.29) is 25.6 Å². The summed E-state index contributed by atoms with van der Waals surface area (Å²) in [4.78, 5) is 8.69. The summed E-state index contributed by atoms with van der Waals surface area (Å²) in [7, 11) is 0. The molecule has 0 bridgehead atoms. The zero-order chi connectivity index (χ0) is 28.6. The largest absolute Gasteiger partial charge is 0.378 e. The number of rotatable bonds is 9. The van der Waals surface area contributed by atoms with Crippen molar-refractivity contribution in [3.63, 3.8) is 0 Å². The van der Waals surface area contributed by atoms with E-state index in [1.54, 1.807) is 18.2 Å². The van der Waals surface area contributed by atoms with Gasteiger partial charge in [0.25, 0.3) is 0 Å². The molecule has 0 spiro atoms. The van der Waals surface area contributed by atoms with Gasteiger partial charge in [-0.25, -0.2) is 9.37 Å². The van der Waals surface area contributed by atoms with Gasteiger partial charge in [0.15, 0.2) is 5.67 Å². The van der Waals surface area contributed by atoms with Gasteiger partial charge in [0.1, 0.15) is 30.6 Å². The third-order valence-electron chi connectivity index (χ3n) is 8.80. The Labute approximate surface area is 240 Å². The molecule has 3 saturated heterocycles. The van der Waals surface area contributed by atoms with Crippen LogP contribution in [-0.4, -0.2) is 75.6 Å². The summed E-state index contributed by atoms with van der Waals surface area (Å²) in [6, 6.07) is 3.71. The zero-order valence-corrected chi connectivity index (χ0v) is 23.1. The molecule has 1 aromatic heterocycles. The highest BCUT2D eigenvalue weighted by atomic mass is 19.1. The second-order valence-corrected chi connectivity index (χ2v) is 11.5. The van der Waals surface area contributed by atoms with Gasteiger partial charge in [-0.1, -0.05) is 30.9 Å². The molecule has 1 aromatic rings. The average Bonchev–Trinajstić information content (AvgIpc) is 3.52. The maximum absolute atomic E-state index is 14.7. The third-order valence-corrected chi connectivity index (χ3v) is 8.80. The van der Waals surface area contributed by atoms with Crippen LogP contribution in [0.3, 0.4) is 0 Å². The number of nitrogens with one attached hydrogen (secondary N) is 3. The van der Waals surface area contributed by atoms with E-state index < -0.39 is 18.1 Å². The van der Waals surface area contributed by atoms with Crippen LogP contribution in [0.2, 0.25) is 0 Å². The summed E-state index contributed by atoms with van der Waals surface area (Å²) < 4.78 is 19.7. The van der Waals surface area contributed by atoms with Gasteiger partial charge in [-0.3, -0.25) is 4.90 Å². The van der Waals surface area contributed by atoms with Crippen molar-refractivity contribution in [1.29, 1.82) is 0 Å². The molecule has 6 atom stereocenters. The number of nitrogens with two attached hydrogens (primary N) is 1. The predicted octanol–water partition coefficient (Wildman–Crippen LogP) is 2.06. The van der Waals surface area contributed by atoms with E-state index in [1.165, 1.54) is 6.20 Å². The van der Waals surface area contributed by atoms with Crippen LogP contribution in [0.25, 0.3) is 0 Å². The minimum absolute atomic E-state index is 0.00485. The number of ether oxygens (including phenoxy) is 1. The van der Waals surface area contributed by atoms with Gasteiger partial charge in [0.2, 0.25) is 0 Å². The van der Waals surface area contributed by atoms with E-state index in [4.69, 9.17) is 10.5 Å². The number of allylic oxidation sites excluding steroid dienone is 3. The third kappa shape index (κ3) is 5.52. The molecule has 11 heteroatoms. The van der Waals surface area contributed by atoms with Crippen molar-refractivity contribution >= 4 is 5.82 Å². The maximum Gasteiger partial charge on any atom is 0.182 e. The van der Waals surface area contributed by atoms with Crippen LogP contribution in [0.5, 0.6) is 0 Å². The van der Waals surface area contributed by atoms with Crippen molar-refractivity contribution in [2.75, 3.05) is 25.1 Å². The second-order valence-electron chi connectivity index (χ2n) is 11.5. The summed E-state index contributed by atoms with van der Waals surface area (Å²) in [6.45, 7) is 4.80. The fourth-order valence-electron chi connectivity index (χ4n) is 6.60. The molecule has 5 aliphatic heterocycles. The van der Waals surface area contributed by atoms with Crippen LogP contribution in [-0.2, 0) is 10.4 Å². The summed E-state index contributed by atoms with van der Waals surface area (Å²) in [5, 5.41) is 31.1. The number of aliphatic hydroxyl groups excluding tert-OH is 2. The van der Waals surface area contributed by atoms with Crippen molar-refractivity contribution < 1.29 is 19.3 Å². The molecule has 0 radical (unpaired) electrons. The molecule has 3 fully saturated rings. The highest BCUT2D eigenvalue weighted by Crippen LogP contribution is 2.39. The van der Waals surface area contributed by atoms with E-state index in [1.807, 2.05) is 30.6 Å². The van der Waals surface area contributed by atoms with Gasteiger partial charge in [-0.15, -0.1) is 0 Å². The van der Waals surface area contributed by atoms with Gasteiger partial charge in [0, 0.05) is 43.5 Å². The molecule has 4 unspecified atom stereocenters. The number of aromatic nitrogens is 1. The Morgan fingerprint density at radius 2 is 2.17 bits per heavy atom. The highest BCUT2D eigenvalue weighted by molar-refractivity contribution is 5.48. The lowest BCUT2D eigenvalue weighted by molar-refractivity contribution is -0.135. The fourth-order valence-corrected chi connectivity index (χ4v) is 6.60. The molecule has 41 heavy (non-hydrogen) atoms. The molecule has 220 valence electrons. The molecular formula is C30H40FN7O3. The number of nitrogens with zero attached hydrogens (tertiary/aromatic N) is 3. The number of anilines is 1. The number of hydrogen-bond acceptors (Lipinski definition) is 10. The first-order chi connectivity index (χ1) is 19.9. The van der Waals surface area contributed by atoms with Crippen LogP contribution in [0.1, 0.15) is 37.7 Å². The molecule has 6 heterocycles. The monoisotopic (exact) mass is 565 g/mol. The normalized spacial score (nSPS) is 31.8. The highest BCUT2D eigenvalue weighted by Gasteiger charge is 2.45. The Balaban J connectivity index is 1.15. The first-order valence-electron chi connectivity index (χ1n) is 14.4. The molecule has 7 N–H and O–H groups in total. The van der Waals surface area contributed by atoms with E-state index in [0.29, 0.717) is 29.8 Å². The number of pyridine rings is 1. The molecule has 0 aromatic carbocycles. The van der Waals surface area contributed by atoms with Crippen molar-refractivity contribution in [3.05, 3.63) is 84.1 Å². The number of aliphatic hydroxyl groups is 2. The first kappa shape index (κ1) is 27.9. The summed E-state index contributed by atoms with van der Waals surface area (Å²) >= 11 is 0. The molecule has 0 amide bonds. The molecule has 5 aliphatic rings. The fraction of sp³-hybridized carbons (Fsp3) is 0.500. The lowest BCUT2D eigenvalue weighted by atomic mass is 9.90. The van der Waals surface area contributed by atoms with Crippen LogP contribution in [0, 0.1) is 5.92 Å². The van der Waals surface area contributed by atoms with Gasteiger partial charge >= 0.3 is 0 Å². The van der Waals surface area contributed by atoms with Crippen LogP contribution < -0.4 is 21.7 Å². The van der Waals surface area contributed by atoms with Crippen LogP contribution >= 0.6 is 0 Å². The minimum Gasteiger partial charge on any atom is -0.378 e. The van der Waals surface area contributed by atoms with E-state index >= 15 is 0 Å². The molecule has 10 nitrogen and oxygen atoms in total. The van der Waals surface area contributed by atoms with Gasteiger partial charge in [0.05, 0.1) is 24.6 Å². The van der Waals surface area contributed by atoms with Crippen molar-refractivity contribution in [2.24, 2.45) is 11.7 Å². The summed E-state index contributed by atoms with van der Waals surface area (Å²) in [6.07, 6.45) is 15.6. The van der Waals surface area contributed by atoms with E-state index in [0.717, 1.165) is 49.2 Å². The van der Waals surface area contributed by atoms with Crippen LogP contribution in [0.15, 0.2) is 78.6 Å². The first-order valence-corrected chi connectivity index (χ1v) is 14.4. The average molecular weight is 566 g/mol. The SMILES string of the molecule is C=C/C=C(\C=C/C[C@@H](O)Nc1cc(C2(F)COC2)ccn1)C1=C2C(N)NC=CN2C([C@@H]2CCC3CCC(O)N3C2)N1. The lowest BCUT2D eigenvalue weighted by Gasteiger charge is -2.42. The molecule has 6 rings (SSSR count). The van der Waals surface area contributed by atoms with Gasteiger partial charge < -0.3 is 41.5 Å². The van der Waals surface area contributed by atoms with Crippen molar-refractivity contribution in [1.82, 2.24) is 25.4 Å². The Kier molecular flexibility index (Phi) is 7.88. The molecule has 0 aliphatic carbocycles. The van der Waals surface area contributed by atoms with Crippen molar-refractivity contribution in [3.8, 4) is 0 Å².